The van der Waals surface area contributed by atoms with Crippen LogP contribution in [0.5, 0.6) is 0 Å². The smallest absolute Gasteiger partial charge is 0.240 e. The molecule has 1 amide bonds. The van der Waals surface area contributed by atoms with Crippen molar-refractivity contribution in [1.82, 2.24) is 9.97 Å². The number of amides is 1. The third kappa shape index (κ3) is 2.23. The highest BCUT2D eigenvalue weighted by Gasteiger charge is 2.31. The number of halogens is 1. The number of pyridine rings is 2. The molecule has 4 nitrogen and oxygen atoms in total. The summed E-state index contributed by atoms with van der Waals surface area (Å²) in [5, 5.41) is 1.00. The SMILES string of the molecule is CC(Br)(C(N)=O)c1ccc2cc(C3CC3)cnc2n1. The van der Waals surface area contributed by atoms with Crippen molar-refractivity contribution < 1.29 is 4.79 Å². The molecule has 0 aromatic carbocycles. The normalized spacial score (nSPS) is 18.2. The number of hydrogen-bond acceptors (Lipinski definition) is 3. The van der Waals surface area contributed by atoms with Crippen molar-refractivity contribution in [3.63, 3.8) is 0 Å². The van der Waals surface area contributed by atoms with Crippen molar-refractivity contribution >= 4 is 32.9 Å². The van der Waals surface area contributed by atoms with Gasteiger partial charge < -0.3 is 5.73 Å². The molecular weight excluding hydrogens is 306 g/mol. The zero-order valence-electron chi connectivity index (χ0n) is 10.6. The van der Waals surface area contributed by atoms with Gasteiger partial charge in [-0.15, -0.1) is 0 Å². The molecule has 1 aliphatic rings. The van der Waals surface area contributed by atoms with Crippen molar-refractivity contribution in [2.24, 2.45) is 5.73 Å². The lowest BCUT2D eigenvalue weighted by atomic mass is 10.1. The molecule has 2 heterocycles. The Balaban J connectivity index is 2.06. The summed E-state index contributed by atoms with van der Waals surface area (Å²) in [7, 11) is 0. The first kappa shape index (κ1) is 12.5. The summed E-state index contributed by atoms with van der Waals surface area (Å²) in [4.78, 5) is 20.2. The van der Waals surface area contributed by atoms with E-state index in [0.717, 1.165) is 5.39 Å². The molecule has 0 aliphatic heterocycles. The monoisotopic (exact) mass is 319 g/mol. The van der Waals surface area contributed by atoms with E-state index in [4.69, 9.17) is 5.73 Å². The predicted octanol–water partition coefficient (Wildman–Crippen LogP) is 2.60. The Morgan fingerprint density at radius 2 is 2.21 bits per heavy atom. The highest BCUT2D eigenvalue weighted by molar-refractivity contribution is 9.10. The number of hydrogen-bond donors (Lipinski definition) is 1. The molecule has 0 bridgehead atoms. The summed E-state index contributed by atoms with van der Waals surface area (Å²) in [6.07, 6.45) is 4.38. The molecule has 2 aromatic rings. The second-order valence-electron chi connectivity index (χ2n) is 5.15. The molecule has 2 N–H and O–H groups in total. The van der Waals surface area contributed by atoms with Crippen molar-refractivity contribution in [3.8, 4) is 0 Å². The van der Waals surface area contributed by atoms with Crippen LogP contribution < -0.4 is 5.73 Å². The molecule has 1 fully saturated rings. The largest absolute Gasteiger partial charge is 0.368 e. The molecular formula is C14H14BrN3O. The van der Waals surface area contributed by atoms with Gasteiger partial charge in [0.15, 0.2) is 5.65 Å². The molecule has 0 spiro atoms. The Morgan fingerprint density at radius 3 is 2.84 bits per heavy atom. The first-order valence-corrected chi connectivity index (χ1v) is 7.04. The maximum atomic E-state index is 11.4. The van der Waals surface area contributed by atoms with Crippen LogP contribution in [0.3, 0.4) is 0 Å². The highest BCUT2D eigenvalue weighted by atomic mass is 79.9. The Hall–Kier alpha value is -1.49. The van der Waals surface area contributed by atoms with E-state index in [1.165, 1.54) is 18.4 Å². The number of fused-ring (bicyclic) bond motifs is 1. The van der Waals surface area contributed by atoms with Gasteiger partial charge in [0.05, 0.1) is 5.69 Å². The van der Waals surface area contributed by atoms with E-state index in [9.17, 15) is 4.79 Å². The van der Waals surface area contributed by atoms with Gasteiger partial charge in [0.1, 0.15) is 4.32 Å². The summed E-state index contributed by atoms with van der Waals surface area (Å²) in [6.45, 7) is 1.70. The second kappa shape index (κ2) is 4.27. The minimum absolute atomic E-state index is 0.464. The standard InChI is InChI=1S/C14H14BrN3O/c1-14(15,13(16)19)11-5-4-9-6-10(8-2-3-8)7-17-12(9)18-11/h4-8H,2-3H2,1H3,(H2,16,19). The lowest BCUT2D eigenvalue weighted by Crippen LogP contribution is -2.33. The molecule has 1 unspecified atom stereocenters. The molecule has 5 heteroatoms. The number of carbonyl (C=O) groups is 1. The number of alkyl halides is 1. The summed E-state index contributed by atoms with van der Waals surface area (Å²) in [5.41, 5.74) is 7.88. The van der Waals surface area contributed by atoms with Crippen LogP contribution in [0.25, 0.3) is 11.0 Å². The van der Waals surface area contributed by atoms with Crippen LogP contribution in [-0.4, -0.2) is 15.9 Å². The number of aromatic nitrogens is 2. The van der Waals surface area contributed by atoms with Gasteiger partial charge in [0.25, 0.3) is 0 Å². The first-order chi connectivity index (χ1) is 8.98. The third-order valence-corrected chi connectivity index (χ3v) is 4.35. The van der Waals surface area contributed by atoms with Crippen molar-refractivity contribution in [1.29, 1.82) is 0 Å². The van der Waals surface area contributed by atoms with Gasteiger partial charge in [0, 0.05) is 11.6 Å². The van der Waals surface area contributed by atoms with E-state index in [-0.39, 0.29) is 0 Å². The summed E-state index contributed by atoms with van der Waals surface area (Å²) < 4.78 is -0.960. The van der Waals surface area contributed by atoms with E-state index in [1.54, 1.807) is 6.92 Å². The highest BCUT2D eigenvalue weighted by Crippen LogP contribution is 2.40. The van der Waals surface area contributed by atoms with Gasteiger partial charge in [-0.2, -0.15) is 0 Å². The quantitative estimate of drug-likeness (QED) is 0.884. The van der Waals surface area contributed by atoms with Crippen LogP contribution >= 0.6 is 15.9 Å². The fourth-order valence-electron chi connectivity index (χ4n) is 2.06. The molecule has 19 heavy (non-hydrogen) atoms. The molecule has 1 atom stereocenters. The van der Waals surface area contributed by atoms with Crippen molar-refractivity contribution in [2.75, 3.05) is 0 Å². The Morgan fingerprint density at radius 1 is 1.47 bits per heavy atom. The minimum atomic E-state index is -0.960. The molecule has 0 saturated heterocycles. The van der Waals surface area contributed by atoms with Gasteiger partial charge in [-0.1, -0.05) is 15.9 Å². The molecule has 1 aliphatic carbocycles. The van der Waals surface area contributed by atoms with E-state index in [1.807, 2.05) is 18.3 Å². The van der Waals surface area contributed by atoms with E-state index >= 15 is 0 Å². The average molecular weight is 320 g/mol. The van der Waals surface area contributed by atoms with Crippen LogP contribution in [0.4, 0.5) is 0 Å². The summed E-state index contributed by atoms with van der Waals surface area (Å²) in [5.74, 6) is 0.206. The Kier molecular flexibility index (Phi) is 2.82. The zero-order valence-corrected chi connectivity index (χ0v) is 12.1. The lowest BCUT2D eigenvalue weighted by Gasteiger charge is -2.17. The van der Waals surface area contributed by atoms with Crippen LogP contribution in [0, 0.1) is 0 Å². The molecule has 2 aromatic heterocycles. The number of rotatable bonds is 3. The Labute approximate surface area is 119 Å². The fourth-order valence-corrected chi connectivity index (χ4v) is 2.28. The lowest BCUT2D eigenvalue weighted by molar-refractivity contribution is -0.120. The molecule has 3 rings (SSSR count). The van der Waals surface area contributed by atoms with E-state index < -0.39 is 10.2 Å². The third-order valence-electron chi connectivity index (χ3n) is 3.56. The maximum absolute atomic E-state index is 11.4. The van der Waals surface area contributed by atoms with Crippen LogP contribution in [-0.2, 0) is 9.12 Å². The first-order valence-electron chi connectivity index (χ1n) is 6.24. The maximum Gasteiger partial charge on any atom is 0.240 e. The molecule has 0 radical (unpaired) electrons. The second-order valence-corrected chi connectivity index (χ2v) is 6.74. The van der Waals surface area contributed by atoms with Gasteiger partial charge >= 0.3 is 0 Å². The minimum Gasteiger partial charge on any atom is -0.368 e. The summed E-state index contributed by atoms with van der Waals surface area (Å²) in [6, 6.07) is 5.89. The van der Waals surface area contributed by atoms with E-state index in [0.29, 0.717) is 17.3 Å². The fraction of sp³-hybridized carbons (Fsp3) is 0.357. The topological polar surface area (TPSA) is 68.9 Å². The summed E-state index contributed by atoms with van der Waals surface area (Å²) >= 11 is 3.32. The number of nitrogens with two attached hydrogens (primary N) is 1. The number of primary amides is 1. The van der Waals surface area contributed by atoms with Crippen molar-refractivity contribution in [2.45, 2.75) is 30.0 Å². The van der Waals surface area contributed by atoms with Crippen LogP contribution in [0.1, 0.15) is 36.9 Å². The number of carbonyl (C=O) groups excluding carboxylic acids is 1. The average Bonchev–Trinajstić information content (AvgIpc) is 3.21. The van der Waals surface area contributed by atoms with Crippen LogP contribution in [0.2, 0.25) is 0 Å². The molecule has 98 valence electrons. The van der Waals surface area contributed by atoms with Crippen LogP contribution in [0.15, 0.2) is 24.4 Å². The van der Waals surface area contributed by atoms with E-state index in [2.05, 4.69) is 32.0 Å². The van der Waals surface area contributed by atoms with Gasteiger partial charge in [-0.3, -0.25) is 4.79 Å². The Bertz CT molecular complexity index is 665. The van der Waals surface area contributed by atoms with Gasteiger partial charge in [0.2, 0.25) is 5.91 Å². The van der Waals surface area contributed by atoms with Gasteiger partial charge in [-0.05, 0) is 49.4 Å². The molecule has 1 saturated carbocycles. The number of nitrogens with zero attached hydrogens (tertiary/aromatic N) is 2. The van der Waals surface area contributed by atoms with Gasteiger partial charge in [-0.25, -0.2) is 9.97 Å². The predicted molar refractivity (Wildman–Crippen MR) is 77.0 cm³/mol. The van der Waals surface area contributed by atoms with Crippen molar-refractivity contribution in [3.05, 3.63) is 35.7 Å². The zero-order chi connectivity index (χ0) is 13.6.